The van der Waals surface area contributed by atoms with Gasteiger partial charge in [0.05, 0.1) is 71.2 Å². The first-order chi connectivity index (χ1) is 35.6. The largest absolute Gasteiger partial charge is 0.495 e. The number of halogens is 4. The first-order valence-corrected chi connectivity index (χ1v) is 24.8. The molecule has 7 aromatic rings. The summed E-state index contributed by atoms with van der Waals surface area (Å²) in [6, 6.07) is 18.7. The number of alkyl halides is 4. The van der Waals surface area contributed by atoms with Crippen LogP contribution < -0.4 is 20.1 Å². The predicted octanol–water partition coefficient (Wildman–Crippen LogP) is 11.0. The van der Waals surface area contributed by atoms with Crippen LogP contribution in [0.5, 0.6) is 11.5 Å². The number of methoxy groups -OCH3 is 2. The minimum absolute atomic E-state index is 0.0256. The molecule has 0 bridgehead atoms. The van der Waals surface area contributed by atoms with Crippen molar-refractivity contribution in [3.8, 4) is 34.0 Å². The van der Waals surface area contributed by atoms with Gasteiger partial charge in [0.2, 0.25) is 0 Å². The summed E-state index contributed by atoms with van der Waals surface area (Å²) in [5.41, 5.74) is 9.97. The molecule has 1 atom stereocenters. The van der Waals surface area contributed by atoms with Crippen molar-refractivity contribution in [1.82, 2.24) is 39.1 Å². The van der Waals surface area contributed by atoms with Crippen LogP contribution in [0.2, 0.25) is 0 Å². The molecule has 4 aliphatic rings. The van der Waals surface area contributed by atoms with E-state index in [2.05, 4.69) is 35.8 Å². The Kier molecular flexibility index (Phi) is 14.1. The first-order valence-electron chi connectivity index (χ1n) is 24.8. The normalized spacial score (nSPS) is 16.3. The quantitative estimate of drug-likeness (QED) is 0.0827. The van der Waals surface area contributed by atoms with E-state index in [9.17, 15) is 27.2 Å². The smallest absolute Gasteiger partial charge is 0.295 e. The number of imidazole rings is 1. The Morgan fingerprint density at radius 2 is 1.24 bits per heavy atom. The Balaban J connectivity index is 0.000000172. The number of ketones is 2. The van der Waals surface area contributed by atoms with E-state index in [4.69, 9.17) is 19.2 Å². The van der Waals surface area contributed by atoms with Gasteiger partial charge in [-0.05, 0) is 107 Å². The van der Waals surface area contributed by atoms with Crippen LogP contribution in [0.1, 0.15) is 91.9 Å². The lowest BCUT2D eigenvalue weighted by Crippen LogP contribution is -2.21. The number of nitrogens with one attached hydrogen (secondary N) is 2. The number of hydrogen-bond donors (Lipinski definition) is 2. The number of rotatable bonds is 17. The molecular weight excluding hydrogens is 959 g/mol. The standard InChI is InChI=1S/C29H32F2N6O3.C25H25F2N5O2/c1-16-12-21(35-36(16)2)18-9-10-20(24(13-18)39-3)33-22-14-19(15-23(38)17-7-8-17)32-28-26(22)34-29(27(30)31)37(28)25-6-4-5-11-40-25;1-13-8-18(31-32(13)2)15-6-7-17(23(9-15)34-3)29-19-10-16(11-22(33)14-4-5-14)28-20-12-21(25(26)27)30-24(19)20/h9-10,12-14,17,25,27H,4-8,11,15H2,1-3H3,(H,32,33);6-10,14,25H,4-5,11-12H2,1-3H3,(H,28,29). The Hall–Kier alpha value is -7.48. The van der Waals surface area contributed by atoms with E-state index in [1.54, 1.807) is 35.7 Å². The fourth-order valence-electron chi connectivity index (χ4n) is 9.30. The summed E-state index contributed by atoms with van der Waals surface area (Å²) >= 11 is 0. The number of carbonyl (C=O) groups excluding carboxylic acids is 2. The van der Waals surface area contributed by atoms with Crippen LogP contribution in [0, 0.1) is 25.7 Å². The number of nitrogens with zero attached hydrogens (tertiary/aromatic N) is 9. The molecule has 0 radical (unpaired) electrons. The Bertz CT molecular complexity index is 3270. The number of anilines is 4. The SMILES string of the molecule is COc1cc(-c2cc(C)n(C)n2)ccc1Nc1cc(CC(=O)C2CC2)nc2c1N=C(C(F)F)C2.COc1cc(-c2cc(C)n(C)n2)ccc1Nc1cc(CC(=O)C2CC2)nc2c1nc(C(F)F)n2C1CCCCO1. The molecule has 0 amide bonds. The topological polar surface area (TPSA) is 177 Å². The Labute approximate surface area is 424 Å². The van der Waals surface area contributed by atoms with Crippen LogP contribution in [-0.2, 0) is 47.7 Å². The van der Waals surface area contributed by atoms with Gasteiger partial charge in [-0.15, -0.1) is 0 Å². The Morgan fingerprint density at radius 3 is 1.73 bits per heavy atom. The zero-order chi connectivity index (χ0) is 51.9. The number of hydrogen-bond acceptors (Lipinski definition) is 13. The molecule has 7 heterocycles. The van der Waals surface area contributed by atoms with E-state index in [-0.39, 0.29) is 54.0 Å². The lowest BCUT2D eigenvalue weighted by atomic mass is 10.1. The second-order valence-electron chi connectivity index (χ2n) is 19.3. The van der Waals surface area contributed by atoms with Crippen molar-refractivity contribution in [3.63, 3.8) is 0 Å². The molecule has 16 nitrogen and oxygen atoms in total. The van der Waals surface area contributed by atoms with Crippen LogP contribution in [0.25, 0.3) is 33.7 Å². The lowest BCUT2D eigenvalue weighted by molar-refractivity contribution is -0.120. The van der Waals surface area contributed by atoms with Crippen LogP contribution in [0.4, 0.5) is 46.0 Å². The molecule has 74 heavy (non-hydrogen) atoms. The van der Waals surface area contributed by atoms with Crippen molar-refractivity contribution in [2.75, 3.05) is 31.5 Å². The van der Waals surface area contributed by atoms with Gasteiger partial charge in [-0.1, -0.05) is 12.1 Å². The van der Waals surface area contributed by atoms with E-state index in [0.29, 0.717) is 75.6 Å². The summed E-state index contributed by atoms with van der Waals surface area (Å²) in [5, 5.41) is 15.7. The summed E-state index contributed by atoms with van der Waals surface area (Å²) in [6.07, 6.45) is 0.132. The third kappa shape index (κ3) is 10.6. The molecule has 1 saturated heterocycles. The molecule has 0 spiro atoms. The zero-order valence-corrected chi connectivity index (χ0v) is 42.0. The molecule has 20 heteroatoms. The van der Waals surface area contributed by atoms with E-state index < -0.39 is 24.9 Å². The van der Waals surface area contributed by atoms with Crippen molar-refractivity contribution in [2.45, 2.75) is 97.1 Å². The lowest BCUT2D eigenvalue weighted by Gasteiger charge is -2.25. The summed E-state index contributed by atoms with van der Waals surface area (Å²) < 4.78 is 77.6. The second-order valence-corrected chi connectivity index (χ2v) is 19.3. The van der Waals surface area contributed by atoms with Gasteiger partial charge in [0.1, 0.15) is 40.5 Å². The highest BCUT2D eigenvalue weighted by molar-refractivity contribution is 5.99. The highest BCUT2D eigenvalue weighted by Crippen LogP contribution is 2.42. The number of aliphatic imine (C=N–C) groups is 1. The molecule has 11 rings (SSSR count). The predicted molar refractivity (Wildman–Crippen MR) is 272 cm³/mol. The van der Waals surface area contributed by atoms with Gasteiger partial charge < -0.3 is 24.8 Å². The fourth-order valence-corrected chi connectivity index (χ4v) is 9.30. The molecule has 2 aromatic carbocycles. The first kappa shape index (κ1) is 50.1. The third-order valence-corrected chi connectivity index (χ3v) is 13.9. The number of Topliss-reactive ketones (excluding diaryl/α,β-unsaturated/α-hetero) is 2. The summed E-state index contributed by atoms with van der Waals surface area (Å²) in [4.78, 5) is 42.8. The molecule has 2 aliphatic carbocycles. The van der Waals surface area contributed by atoms with Crippen LogP contribution >= 0.6 is 0 Å². The minimum Gasteiger partial charge on any atom is -0.495 e. The van der Waals surface area contributed by atoms with Crippen molar-refractivity contribution in [3.05, 3.63) is 95.0 Å². The molecule has 2 saturated carbocycles. The van der Waals surface area contributed by atoms with Crippen molar-refractivity contribution < 1.29 is 41.4 Å². The van der Waals surface area contributed by atoms with Crippen molar-refractivity contribution >= 4 is 56.9 Å². The van der Waals surface area contributed by atoms with E-state index >= 15 is 0 Å². The molecule has 386 valence electrons. The number of ether oxygens (including phenoxy) is 3. The minimum atomic E-state index is -2.82. The molecule has 1 unspecified atom stereocenters. The van der Waals surface area contributed by atoms with E-state index in [1.807, 2.05) is 76.5 Å². The average Bonchev–Trinajstić information content (AvgIpc) is 4.29. The van der Waals surface area contributed by atoms with Crippen LogP contribution in [-0.4, -0.2) is 83.6 Å². The van der Waals surface area contributed by atoms with Crippen LogP contribution in [0.3, 0.4) is 0 Å². The molecule has 2 aliphatic heterocycles. The number of pyridine rings is 2. The van der Waals surface area contributed by atoms with Gasteiger partial charge in [0.15, 0.2) is 11.5 Å². The molecular formula is C54H57F4N11O5. The maximum atomic E-state index is 14.3. The Morgan fingerprint density at radius 1 is 0.689 bits per heavy atom. The average molecular weight is 1020 g/mol. The van der Waals surface area contributed by atoms with Crippen molar-refractivity contribution in [1.29, 1.82) is 0 Å². The van der Waals surface area contributed by atoms with Gasteiger partial charge in [0.25, 0.3) is 12.9 Å². The maximum absolute atomic E-state index is 14.3. The van der Waals surface area contributed by atoms with E-state index in [0.717, 1.165) is 72.4 Å². The van der Waals surface area contributed by atoms with Gasteiger partial charge in [-0.2, -0.15) is 10.2 Å². The maximum Gasteiger partial charge on any atom is 0.295 e. The van der Waals surface area contributed by atoms with Crippen molar-refractivity contribution in [2.24, 2.45) is 30.9 Å². The van der Waals surface area contributed by atoms with Gasteiger partial charge in [-0.3, -0.25) is 28.5 Å². The molecule has 5 aromatic heterocycles. The third-order valence-electron chi connectivity index (χ3n) is 13.9. The monoisotopic (exact) mass is 1020 g/mol. The van der Waals surface area contributed by atoms with Gasteiger partial charge >= 0.3 is 0 Å². The number of aryl methyl sites for hydroxylation is 4. The highest BCUT2D eigenvalue weighted by Gasteiger charge is 2.34. The zero-order valence-electron chi connectivity index (χ0n) is 42.0. The molecule has 2 N–H and O–H groups in total. The summed E-state index contributed by atoms with van der Waals surface area (Å²) in [5.74, 6) is 1.13. The number of fused-ring (bicyclic) bond motifs is 2. The van der Waals surface area contributed by atoms with E-state index in [1.165, 1.54) is 4.57 Å². The molecule has 3 fully saturated rings. The van der Waals surface area contributed by atoms with Gasteiger partial charge in [0, 0.05) is 74.3 Å². The number of benzene rings is 2. The number of carbonyl (C=O) groups is 2. The summed E-state index contributed by atoms with van der Waals surface area (Å²) in [6.45, 7) is 4.44. The fraction of sp³-hybridized carbons (Fsp3) is 0.407. The number of aromatic nitrogens is 8. The summed E-state index contributed by atoms with van der Waals surface area (Å²) in [7, 11) is 6.91. The highest BCUT2D eigenvalue weighted by atomic mass is 19.3. The van der Waals surface area contributed by atoms with Gasteiger partial charge in [-0.25, -0.2) is 32.5 Å². The second kappa shape index (κ2) is 20.8. The van der Waals surface area contributed by atoms with Crippen LogP contribution in [0.15, 0.2) is 65.7 Å².